The van der Waals surface area contributed by atoms with Crippen molar-refractivity contribution in [2.45, 2.75) is 18.9 Å². The van der Waals surface area contributed by atoms with Crippen LogP contribution in [0, 0.1) is 0 Å². The van der Waals surface area contributed by atoms with E-state index in [1.807, 2.05) is 0 Å². The van der Waals surface area contributed by atoms with Gasteiger partial charge in [0.2, 0.25) is 0 Å². The molecule has 0 N–H and O–H groups in total. The van der Waals surface area contributed by atoms with E-state index in [0.717, 1.165) is 20.6 Å². The van der Waals surface area contributed by atoms with Gasteiger partial charge in [-0.1, -0.05) is 30.3 Å². The number of rotatable bonds is 3. The third kappa shape index (κ3) is 3.71. The van der Waals surface area contributed by atoms with Crippen LogP contribution in [0.2, 0.25) is 6.55 Å². The first-order valence-electron chi connectivity index (χ1n) is 6.49. The molecule has 0 saturated carbocycles. The van der Waals surface area contributed by atoms with Crippen molar-refractivity contribution in [2.24, 2.45) is 0 Å². The molecule has 0 aliphatic rings. The molecule has 0 spiro atoms. The van der Waals surface area contributed by atoms with Crippen molar-refractivity contribution in [1.29, 1.82) is 0 Å². The van der Waals surface area contributed by atoms with Crippen molar-refractivity contribution in [3.8, 4) is 0 Å². The fourth-order valence-electron chi connectivity index (χ4n) is 2.14. The Morgan fingerprint density at radius 3 is 1.46 bits per heavy atom. The number of carbonyl (C=O) groups excluding carboxylic acids is 2. The highest BCUT2D eigenvalue weighted by Crippen LogP contribution is 2.26. The Bertz CT molecular complexity index is 585. The molecule has 1 aromatic rings. The Kier molecular flexibility index (Phi) is 5.38. The Morgan fingerprint density at radius 1 is 0.833 bits per heavy atom. The second kappa shape index (κ2) is 6.46. The highest BCUT2D eigenvalue weighted by atomic mass is 28.3. The smallest absolute Gasteiger partial charge is 0.343 e. The SMILES string of the molecule is CN(C(=O)C(F)(F)F)[Si](C)(c1ccccc1)N(C)C(=O)C(F)(F)F. The number of hydrogen-bond acceptors (Lipinski definition) is 2. The highest BCUT2D eigenvalue weighted by molar-refractivity contribution is 6.89. The summed E-state index contributed by atoms with van der Waals surface area (Å²) < 4.78 is 76.9. The van der Waals surface area contributed by atoms with E-state index in [-0.39, 0.29) is 14.3 Å². The van der Waals surface area contributed by atoms with E-state index in [2.05, 4.69) is 0 Å². The lowest BCUT2D eigenvalue weighted by molar-refractivity contribution is -0.183. The van der Waals surface area contributed by atoms with E-state index in [1.54, 1.807) is 0 Å². The van der Waals surface area contributed by atoms with Gasteiger partial charge in [0, 0.05) is 14.1 Å². The molecular formula is C13H14F6N2O2Si. The molecule has 2 amide bonds. The average Bonchev–Trinajstić information content (AvgIpc) is 2.50. The second-order valence-electron chi connectivity index (χ2n) is 5.11. The van der Waals surface area contributed by atoms with Crippen LogP contribution in [0.5, 0.6) is 0 Å². The van der Waals surface area contributed by atoms with E-state index in [9.17, 15) is 35.9 Å². The molecule has 4 nitrogen and oxygen atoms in total. The van der Waals surface area contributed by atoms with Crippen LogP contribution in [0.25, 0.3) is 0 Å². The summed E-state index contributed by atoms with van der Waals surface area (Å²) in [5, 5.41) is 0.0465. The van der Waals surface area contributed by atoms with Crippen LogP contribution < -0.4 is 5.19 Å². The minimum absolute atomic E-state index is 0.0465. The van der Waals surface area contributed by atoms with Crippen LogP contribution >= 0.6 is 0 Å². The summed E-state index contributed by atoms with van der Waals surface area (Å²) in [6.07, 6.45) is -10.6. The van der Waals surface area contributed by atoms with Crippen LogP contribution in [0.1, 0.15) is 0 Å². The lowest BCUT2D eigenvalue weighted by Crippen LogP contribution is -2.73. The maximum atomic E-state index is 12.7. The van der Waals surface area contributed by atoms with E-state index in [0.29, 0.717) is 0 Å². The normalized spacial score (nSPS) is 12.7. The molecule has 0 saturated heterocycles. The van der Waals surface area contributed by atoms with Crippen LogP contribution in [0.3, 0.4) is 0 Å². The fraction of sp³-hybridized carbons (Fsp3) is 0.385. The molecule has 0 aromatic heterocycles. The average molecular weight is 372 g/mol. The first-order valence-corrected chi connectivity index (χ1v) is 8.89. The summed E-state index contributed by atoms with van der Waals surface area (Å²) in [4.78, 5) is 23.2. The summed E-state index contributed by atoms with van der Waals surface area (Å²) >= 11 is 0. The van der Waals surface area contributed by atoms with Gasteiger partial charge in [-0.3, -0.25) is 9.59 Å². The number of amides is 2. The fourth-order valence-corrected chi connectivity index (χ4v) is 5.23. The summed E-state index contributed by atoms with van der Waals surface area (Å²) in [6.45, 7) is 1.07. The topological polar surface area (TPSA) is 40.6 Å². The first kappa shape index (κ1) is 20.0. The van der Waals surface area contributed by atoms with Gasteiger partial charge in [-0.15, -0.1) is 0 Å². The summed E-state index contributed by atoms with van der Waals surface area (Å²) in [5.41, 5.74) is 0. The molecule has 24 heavy (non-hydrogen) atoms. The molecule has 0 aliphatic carbocycles. The molecule has 0 radical (unpaired) electrons. The Hall–Kier alpha value is -2.04. The number of benzene rings is 1. The van der Waals surface area contributed by atoms with Crippen LogP contribution in [-0.4, -0.2) is 55.8 Å². The highest BCUT2D eigenvalue weighted by Gasteiger charge is 2.55. The van der Waals surface area contributed by atoms with Gasteiger partial charge in [0.05, 0.1) is 0 Å². The van der Waals surface area contributed by atoms with Crippen molar-refractivity contribution in [2.75, 3.05) is 14.1 Å². The van der Waals surface area contributed by atoms with Crippen LogP contribution in [-0.2, 0) is 9.59 Å². The molecule has 0 fully saturated rings. The molecule has 1 rings (SSSR count). The lowest BCUT2D eigenvalue weighted by atomic mass is 10.4. The molecule has 0 atom stereocenters. The van der Waals surface area contributed by atoms with Gasteiger partial charge in [-0.25, -0.2) is 0 Å². The third-order valence-corrected chi connectivity index (χ3v) is 8.17. The predicted molar refractivity (Wildman–Crippen MR) is 75.3 cm³/mol. The maximum Gasteiger partial charge on any atom is 0.470 e. The number of halogens is 6. The monoisotopic (exact) mass is 372 g/mol. The molecule has 0 bridgehead atoms. The first-order chi connectivity index (χ1) is 10.7. The minimum atomic E-state index is -5.28. The number of carbonyl (C=O) groups is 2. The Morgan fingerprint density at radius 2 is 1.17 bits per heavy atom. The van der Waals surface area contributed by atoms with Gasteiger partial charge < -0.3 is 9.13 Å². The summed E-state index contributed by atoms with van der Waals surface area (Å²) in [5.74, 6) is -4.63. The van der Waals surface area contributed by atoms with Crippen LogP contribution in [0.15, 0.2) is 30.3 Å². The summed E-state index contributed by atoms with van der Waals surface area (Å²) in [7, 11) is -2.66. The van der Waals surface area contributed by atoms with Crippen molar-refractivity contribution >= 4 is 25.4 Å². The van der Waals surface area contributed by atoms with E-state index in [1.165, 1.54) is 30.3 Å². The molecule has 0 unspecified atom stereocenters. The quantitative estimate of drug-likeness (QED) is 0.602. The number of alkyl halides is 6. The Labute approximate surface area is 134 Å². The lowest BCUT2D eigenvalue weighted by Gasteiger charge is -2.43. The molecular weight excluding hydrogens is 358 g/mol. The molecule has 1 aromatic carbocycles. The van der Waals surface area contributed by atoms with Crippen molar-refractivity contribution in [3.05, 3.63) is 30.3 Å². The van der Waals surface area contributed by atoms with Crippen molar-refractivity contribution < 1.29 is 35.9 Å². The molecule has 0 aliphatic heterocycles. The van der Waals surface area contributed by atoms with E-state index < -0.39 is 32.6 Å². The second-order valence-corrected chi connectivity index (χ2v) is 9.07. The minimum Gasteiger partial charge on any atom is -0.343 e. The van der Waals surface area contributed by atoms with Gasteiger partial charge in [0.15, 0.2) is 0 Å². The third-order valence-electron chi connectivity index (χ3n) is 3.72. The van der Waals surface area contributed by atoms with Crippen molar-refractivity contribution in [3.63, 3.8) is 0 Å². The standard InChI is InChI=1S/C13H14F6N2O2Si/c1-20(10(22)12(14,15)16)24(3,9-7-5-4-6-8-9)21(2)11(23)13(17,18)19/h4-8H,1-3H3. The molecule has 134 valence electrons. The van der Waals surface area contributed by atoms with Crippen molar-refractivity contribution in [1.82, 2.24) is 9.13 Å². The Balaban J connectivity index is 3.49. The summed E-state index contributed by atoms with van der Waals surface area (Å²) in [6, 6.07) is 6.88. The molecule has 11 heteroatoms. The van der Waals surface area contributed by atoms with Gasteiger partial charge in [0.1, 0.15) is 0 Å². The van der Waals surface area contributed by atoms with Crippen LogP contribution in [0.4, 0.5) is 26.3 Å². The zero-order chi connectivity index (χ0) is 18.9. The van der Waals surface area contributed by atoms with E-state index in [4.69, 9.17) is 0 Å². The van der Waals surface area contributed by atoms with Gasteiger partial charge in [-0.05, 0) is 11.7 Å². The number of hydrogen-bond donors (Lipinski definition) is 0. The van der Waals surface area contributed by atoms with Gasteiger partial charge >= 0.3 is 24.2 Å². The maximum absolute atomic E-state index is 12.7. The predicted octanol–water partition coefficient (Wildman–Crippen LogP) is 2.01. The molecule has 0 heterocycles. The van der Waals surface area contributed by atoms with E-state index >= 15 is 0 Å². The zero-order valence-corrected chi connectivity index (χ0v) is 13.9. The zero-order valence-electron chi connectivity index (χ0n) is 12.9. The van der Waals surface area contributed by atoms with Gasteiger partial charge in [0.25, 0.3) is 8.40 Å². The largest absolute Gasteiger partial charge is 0.470 e. The number of nitrogens with zero attached hydrogens (tertiary/aromatic N) is 2. The van der Waals surface area contributed by atoms with Gasteiger partial charge in [-0.2, -0.15) is 26.3 Å².